The van der Waals surface area contributed by atoms with Gasteiger partial charge in [0.15, 0.2) is 11.0 Å². The number of pyridine rings is 1. The van der Waals surface area contributed by atoms with Crippen LogP contribution in [0.3, 0.4) is 0 Å². The smallest absolute Gasteiger partial charge is 0.191 e. The zero-order chi connectivity index (χ0) is 15.4. The first kappa shape index (κ1) is 14.6. The summed E-state index contributed by atoms with van der Waals surface area (Å²) < 4.78 is 2.07. The zero-order valence-electron chi connectivity index (χ0n) is 12.2. The first-order valence-electron chi connectivity index (χ1n) is 7.03. The Morgan fingerprint density at radius 1 is 1.09 bits per heavy atom. The molecule has 0 saturated heterocycles. The SMILES string of the molecule is CCn1c(SCc2ccccn2)nnc1-c1ccc(O)cc1. The van der Waals surface area contributed by atoms with Crippen LogP contribution in [0, 0.1) is 0 Å². The predicted octanol–water partition coefficient (Wildman–Crippen LogP) is 3.36. The van der Waals surface area contributed by atoms with Gasteiger partial charge in [-0.3, -0.25) is 4.98 Å². The van der Waals surface area contributed by atoms with Crippen molar-refractivity contribution in [2.24, 2.45) is 0 Å². The van der Waals surface area contributed by atoms with Crippen LogP contribution in [0.5, 0.6) is 5.75 Å². The van der Waals surface area contributed by atoms with Crippen molar-refractivity contribution in [2.75, 3.05) is 0 Å². The molecule has 6 heteroatoms. The third-order valence-corrected chi connectivity index (χ3v) is 4.23. The van der Waals surface area contributed by atoms with Crippen molar-refractivity contribution in [1.29, 1.82) is 0 Å². The van der Waals surface area contributed by atoms with Gasteiger partial charge < -0.3 is 9.67 Å². The molecule has 0 unspecified atom stereocenters. The Labute approximate surface area is 133 Å². The van der Waals surface area contributed by atoms with Crippen LogP contribution in [0.1, 0.15) is 12.6 Å². The van der Waals surface area contributed by atoms with Crippen LogP contribution in [-0.2, 0) is 12.3 Å². The predicted molar refractivity (Wildman–Crippen MR) is 86.6 cm³/mol. The van der Waals surface area contributed by atoms with Crippen molar-refractivity contribution < 1.29 is 5.11 Å². The van der Waals surface area contributed by atoms with E-state index in [2.05, 4.69) is 26.7 Å². The Hall–Kier alpha value is -2.34. The van der Waals surface area contributed by atoms with Gasteiger partial charge in [-0.2, -0.15) is 0 Å². The Kier molecular flexibility index (Phi) is 4.39. The minimum Gasteiger partial charge on any atom is -0.508 e. The lowest BCUT2D eigenvalue weighted by molar-refractivity contribution is 0.475. The largest absolute Gasteiger partial charge is 0.508 e. The van der Waals surface area contributed by atoms with E-state index in [-0.39, 0.29) is 5.75 Å². The highest BCUT2D eigenvalue weighted by atomic mass is 32.2. The van der Waals surface area contributed by atoms with Crippen LogP contribution in [0.4, 0.5) is 0 Å². The molecule has 0 aliphatic rings. The van der Waals surface area contributed by atoms with Gasteiger partial charge >= 0.3 is 0 Å². The van der Waals surface area contributed by atoms with Crippen molar-refractivity contribution in [2.45, 2.75) is 24.4 Å². The zero-order valence-corrected chi connectivity index (χ0v) is 13.0. The molecule has 1 N–H and O–H groups in total. The second kappa shape index (κ2) is 6.62. The van der Waals surface area contributed by atoms with Crippen molar-refractivity contribution in [3.05, 3.63) is 54.4 Å². The van der Waals surface area contributed by atoms with Gasteiger partial charge in [0, 0.05) is 24.1 Å². The molecule has 0 radical (unpaired) electrons. The maximum absolute atomic E-state index is 9.39. The van der Waals surface area contributed by atoms with E-state index < -0.39 is 0 Å². The molecule has 0 bridgehead atoms. The average Bonchev–Trinajstić information content (AvgIpc) is 2.97. The van der Waals surface area contributed by atoms with Gasteiger partial charge in [-0.25, -0.2) is 0 Å². The molecule has 1 aromatic carbocycles. The van der Waals surface area contributed by atoms with Gasteiger partial charge in [0.05, 0.1) is 5.69 Å². The van der Waals surface area contributed by atoms with E-state index in [0.717, 1.165) is 34.5 Å². The second-order valence-corrected chi connectivity index (χ2v) is 5.65. The molecule has 22 heavy (non-hydrogen) atoms. The lowest BCUT2D eigenvalue weighted by atomic mass is 10.2. The molecule has 0 saturated carbocycles. The molecule has 3 aromatic rings. The molecular weight excluding hydrogens is 296 g/mol. The minimum absolute atomic E-state index is 0.246. The number of aromatic hydroxyl groups is 1. The number of nitrogens with zero attached hydrogens (tertiary/aromatic N) is 4. The fourth-order valence-corrected chi connectivity index (χ4v) is 3.04. The van der Waals surface area contributed by atoms with Gasteiger partial charge in [-0.15, -0.1) is 10.2 Å². The van der Waals surface area contributed by atoms with E-state index in [1.807, 2.05) is 30.3 Å². The van der Waals surface area contributed by atoms with Gasteiger partial charge in [0.2, 0.25) is 0 Å². The fraction of sp³-hybridized carbons (Fsp3) is 0.188. The summed E-state index contributed by atoms with van der Waals surface area (Å²) in [4.78, 5) is 4.32. The molecule has 0 amide bonds. The molecule has 112 valence electrons. The van der Waals surface area contributed by atoms with E-state index >= 15 is 0 Å². The Morgan fingerprint density at radius 3 is 2.59 bits per heavy atom. The molecule has 0 aliphatic carbocycles. The van der Waals surface area contributed by atoms with E-state index in [0.29, 0.717) is 0 Å². The first-order valence-corrected chi connectivity index (χ1v) is 8.02. The highest BCUT2D eigenvalue weighted by Crippen LogP contribution is 2.26. The maximum atomic E-state index is 9.39. The number of rotatable bonds is 5. The summed E-state index contributed by atoms with van der Waals surface area (Å²) in [5.41, 5.74) is 1.96. The van der Waals surface area contributed by atoms with Gasteiger partial charge in [-0.1, -0.05) is 17.8 Å². The second-order valence-electron chi connectivity index (χ2n) is 4.71. The van der Waals surface area contributed by atoms with E-state index in [1.165, 1.54) is 0 Å². The highest BCUT2D eigenvalue weighted by molar-refractivity contribution is 7.98. The van der Waals surface area contributed by atoms with Crippen molar-refractivity contribution in [3.8, 4) is 17.1 Å². The van der Waals surface area contributed by atoms with E-state index in [9.17, 15) is 5.11 Å². The standard InChI is InChI=1S/C16H16N4OS/c1-2-20-15(12-6-8-14(21)9-7-12)18-19-16(20)22-11-13-5-3-4-10-17-13/h3-10,21H,2,11H2,1H3. The van der Waals surface area contributed by atoms with Gasteiger partial charge in [0.25, 0.3) is 0 Å². The average molecular weight is 312 g/mol. The molecule has 0 fully saturated rings. The summed E-state index contributed by atoms with van der Waals surface area (Å²) in [6.45, 7) is 2.85. The Balaban J connectivity index is 1.82. The lowest BCUT2D eigenvalue weighted by Gasteiger charge is -2.07. The summed E-state index contributed by atoms with van der Waals surface area (Å²) in [7, 11) is 0. The van der Waals surface area contributed by atoms with Crippen LogP contribution in [0.25, 0.3) is 11.4 Å². The molecule has 0 spiro atoms. The van der Waals surface area contributed by atoms with Crippen molar-refractivity contribution in [3.63, 3.8) is 0 Å². The van der Waals surface area contributed by atoms with Gasteiger partial charge in [-0.05, 0) is 43.3 Å². The summed E-state index contributed by atoms with van der Waals surface area (Å²) in [5, 5.41) is 18.8. The van der Waals surface area contributed by atoms with Crippen LogP contribution in [0.15, 0.2) is 53.8 Å². The van der Waals surface area contributed by atoms with Crippen LogP contribution >= 0.6 is 11.8 Å². The van der Waals surface area contributed by atoms with Crippen molar-refractivity contribution >= 4 is 11.8 Å². The number of hydrogen-bond donors (Lipinski definition) is 1. The summed E-state index contributed by atoms with van der Waals surface area (Å²) in [5.74, 6) is 1.82. The molecule has 5 nitrogen and oxygen atoms in total. The normalized spacial score (nSPS) is 10.8. The minimum atomic E-state index is 0.246. The van der Waals surface area contributed by atoms with Crippen LogP contribution < -0.4 is 0 Å². The first-order chi connectivity index (χ1) is 10.8. The van der Waals surface area contributed by atoms with E-state index in [4.69, 9.17) is 0 Å². The number of thioether (sulfide) groups is 1. The molecular formula is C16H16N4OS. The van der Waals surface area contributed by atoms with E-state index in [1.54, 1.807) is 30.1 Å². The number of benzene rings is 1. The highest BCUT2D eigenvalue weighted by Gasteiger charge is 2.13. The lowest BCUT2D eigenvalue weighted by Crippen LogP contribution is -2.00. The third-order valence-electron chi connectivity index (χ3n) is 3.23. The van der Waals surface area contributed by atoms with Gasteiger partial charge in [0.1, 0.15) is 5.75 Å². The maximum Gasteiger partial charge on any atom is 0.191 e. The van der Waals surface area contributed by atoms with Crippen LogP contribution in [-0.4, -0.2) is 24.9 Å². The summed E-state index contributed by atoms with van der Waals surface area (Å²) in [6, 6.07) is 12.9. The fourth-order valence-electron chi connectivity index (χ4n) is 2.13. The summed E-state index contributed by atoms with van der Waals surface area (Å²) in [6.07, 6.45) is 1.79. The number of aromatic nitrogens is 4. The molecule has 2 aromatic heterocycles. The molecule has 0 atom stereocenters. The Bertz CT molecular complexity index is 741. The topological polar surface area (TPSA) is 63.8 Å². The number of phenolic OH excluding ortho intramolecular Hbond substituents is 1. The monoisotopic (exact) mass is 312 g/mol. The molecule has 3 rings (SSSR count). The molecule has 2 heterocycles. The molecule has 0 aliphatic heterocycles. The summed E-state index contributed by atoms with van der Waals surface area (Å²) >= 11 is 1.62. The quantitative estimate of drug-likeness (QED) is 0.732. The number of hydrogen-bond acceptors (Lipinski definition) is 5. The Morgan fingerprint density at radius 2 is 1.91 bits per heavy atom. The van der Waals surface area contributed by atoms with Crippen molar-refractivity contribution in [1.82, 2.24) is 19.7 Å². The number of phenols is 1. The van der Waals surface area contributed by atoms with Crippen LogP contribution in [0.2, 0.25) is 0 Å². The third kappa shape index (κ3) is 3.12.